The first kappa shape index (κ1) is 11.9. The Labute approximate surface area is 103 Å². The van der Waals surface area contributed by atoms with Crippen molar-refractivity contribution in [2.24, 2.45) is 0 Å². The second-order valence-electron chi connectivity index (χ2n) is 3.72. The maximum Gasteiger partial charge on any atom is 0.159 e. The fourth-order valence-corrected chi connectivity index (χ4v) is 2.38. The lowest BCUT2D eigenvalue weighted by molar-refractivity contribution is 0.506. The van der Waals surface area contributed by atoms with Gasteiger partial charge < -0.3 is 5.73 Å². The van der Waals surface area contributed by atoms with E-state index in [0.29, 0.717) is 10.6 Å². The minimum Gasteiger partial charge on any atom is -0.398 e. The second kappa shape index (κ2) is 4.75. The van der Waals surface area contributed by atoms with E-state index >= 15 is 0 Å². The van der Waals surface area contributed by atoms with Crippen molar-refractivity contribution in [3.8, 4) is 0 Å². The summed E-state index contributed by atoms with van der Waals surface area (Å²) in [5, 5.41) is 0. The maximum atomic E-state index is 13.0. The van der Waals surface area contributed by atoms with Crippen LogP contribution in [0, 0.1) is 18.6 Å². The van der Waals surface area contributed by atoms with E-state index in [2.05, 4.69) is 0 Å². The Morgan fingerprint density at radius 2 is 1.76 bits per heavy atom. The highest BCUT2D eigenvalue weighted by molar-refractivity contribution is 7.99. The summed E-state index contributed by atoms with van der Waals surface area (Å²) in [4.78, 5) is 1.47. The molecule has 0 atom stereocenters. The van der Waals surface area contributed by atoms with E-state index in [0.717, 1.165) is 16.5 Å². The van der Waals surface area contributed by atoms with Gasteiger partial charge in [-0.2, -0.15) is 0 Å². The van der Waals surface area contributed by atoms with Crippen molar-refractivity contribution in [1.29, 1.82) is 0 Å². The van der Waals surface area contributed by atoms with E-state index in [4.69, 9.17) is 5.73 Å². The zero-order chi connectivity index (χ0) is 12.4. The summed E-state index contributed by atoms with van der Waals surface area (Å²) in [5.41, 5.74) is 7.52. The molecule has 0 aliphatic heterocycles. The van der Waals surface area contributed by atoms with Crippen LogP contribution in [-0.2, 0) is 0 Å². The van der Waals surface area contributed by atoms with Gasteiger partial charge >= 0.3 is 0 Å². The SMILES string of the molecule is Cc1ccc(N)c(Sc2ccc(F)c(F)c2)c1. The van der Waals surface area contributed by atoms with E-state index in [-0.39, 0.29) is 0 Å². The topological polar surface area (TPSA) is 26.0 Å². The number of nitrogen functional groups attached to an aromatic ring is 1. The van der Waals surface area contributed by atoms with E-state index in [1.165, 1.54) is 23.9 Å². The van der Waals surface area contributed by atoms with Crippen LogP contribution in [0.5, 0.6) is 0 Å². The average molecular weight is 251 g/mol. The normalized spacial score (nSPS) is 10.5. The van der Waals surface area contributed by atoms with Crippen molar-refractivity contribution >= 4 is 17.4 Å². The fourth-order valence-electron chi connectivity index (χ4n) is 1.40. The highest BCUT2D eigenvalue weighted by Gasteiger charge is 2.06. The molecule has 0 fully saturated rings. The number of benzene rings is 2. The Morgan fingerprint density at radius 3 is 2.47 bits per heavy atom. The van der Waals surface area contributed by atoms with Crippen molar-refractivity contribution < 1.29 is 8.78 Å². The van der Waals surface area contributed by atoms with Gasteiger partial charge in [-0.1, -0.05) is 17.8 Å². The first-order valence-electron chi connectivity index (χ1n) is 5.05. The van der Waals surface area contributed by atoms with Gasteiger partial charge in [0, 0.05) is 15.5 Å². The third kappa shape index (κ3) is 2.77. The van der Waals surface area contributed by atoms with Crippen LogP contribution in [0.25, 0.3) is 0 Å². The molecule has 88 valence electrons. The molecule has 0 aliphatic carbocycles. The largest absolute Gasteiger partial charge is 0.398 e. The molecule has 2 N–H and O–H groups in total. The number of halogens is 2. The Bertz CT molecular complexity index is 555. The number of rotatable bonds is 2. The fraction of sp³-hybridized carbons (Fsp3) is 0.0769. The van der Waals surface area contributed by atoms with Gasteiger partial charge in [0.1, 0.15) is 0 Å². The van der Waals surface area contributed by atoms with Crippen LogP contribution < -0.4 is 5.73 Å². The molecular formula is C13H11F2NS. The number of hydrogen-bond donors (Lipinski definition) is 1. The molecule has 0 unspecified atom stereocenters. The third-order valence-corrected chi connectivity index (χ3v) is 3.35. The van der Waals surface area contributed by atoms with E-state index < -0.39 is 11.6 Å². The van der Waals surface area contributed by atoms with Gasteiger partial charge in [0.25, 0.3) is 0 Å². The number of anilines is 1. The zero-order valence-corrected chi connectivity index (χ0v) is 10.0. The Morgan fingerprint density at radius 1 is 1.00 bits per heavy atom. The molecule has 4 heteroatoms. The van der Waals surface area contributed by atoms with Crippen molar-refractivity contribution in [2.45, 2.75) is 16.7 Å². The van der Waals surface area contributed by atoms with Crippen molar-refractivity contribution in [2.75, 3.05) is 5.73 Å². The third-order valence-electron chi connectivity index (χ3n) is 2.29. The summed E-state index contributed by atoms with van der Waals surface area (Å²) in [7, 11) is 0. The number of aryl methyl sites for hydroxylation is 1. The van der Waals surface area contributed by atoms with E-state index in [1.807, 2.05) is 19.1 Å². The summed E-state index contributed by atoms with van der Waals surface area (Å²) in [5.74, 6) is -1.69. The molecule has 0 heterocycles. The smallest absolute Gasteiger partial charge is 0.159 e. The predicted octanol–water partition coefficient (Wildman–Crippen LogP) is 4.01. The van der Waals surface area contributed by atoms with Gasteiger partial charge in [-0.15, -0.1) is 0 Å². The van der Waals surface area contributed by atoms with E-state index in [9.17, 15) is 8.78 Å². The molecule has 2 aromatic carbocycles. The molecule has 0 aromatic heterocycles. The molecule has 0 saturated heterocycles. The molecule has 0 saturated carbocycles. The summed E-state index contributed by atoms with van der Waals surface area (Å²) < 4.78 is 25.8. The molecule has 0 bridgehead atoms. The summed E-state index contributed by atoms with van der Waals surface area (Å²) in [6.45, 7) is 1.95. The minimum absolute atomic E-state index is 0.626. The monoisotopic (exact) mass is 251 g/mol. The minimum atomic E-state index is -0.846. The lowest BCUT2D eigenvalue weighted by Gasteiger charge is -2.06. The first-order chi connectivity index (χ1) is 8.06. The van der Waals surface area contributed by atoms with Gasteiger partial charge in [0.05, 0.1) is 0 Å². The average Bonchev–Trinajstić information content (AvgIpc) is 2.29. The molecule has 0 aliphatic rings. The lowest BCUT2D eigenvalue weighted by atomic mass is 10.2. The standard InChI is InChI=1S/C13H11F2NS/c1-8-2-5-12(16)13(6-8)17-9-3-4-10(14)11(15)7-9/h2-7H,16H2,1H3. The van der Waals surface area contributed by atoms with Gasteiger partial charge in [0.15, 0.2) is 11.6 Å². The van der Waals surface area contributed by atoms with Gasteiger partial charge in [0.2, 0.25) is 0 Å². The first-order valence-corrected chi connectivity index (χ1v) is 5.87. The highest BCUT2D eigenvalue weighted by Crippen LogP contribution is 2.33. The second-order valence-corrected chi connectivity index (χ2v) is 4.83. The molecule has 0 radical (unpaired) electrons. The van der Waals surface area contributed by atoms with Crippen molar-refractivity contribution in [3.63, 3.8) is 0 Å². The molecule has 1 nitrogen and oxygen atoms in total. The van der Waals surface area contributed by atoms with Crippen LogP contribution in [0.3, 0.4) is 0 Å². The van der Waals surface area contributed by atoms with E-state index in [1.54, 1.807) is 6.07 Å². The summed E-state index contributed by atoms with van der Waals surface area (Å²) >= 11 is 1.32. The molecule has 17 heavy (non-hydrogen) atoms. The number of nitrogens with two attached hydrogens (primary N) is 1. The van der Waals surface area contributed by atoms with Crippen molar-refractivity contribution in [3.05, 3.63) is 53.6 Å². The highest BCUT2D eigenvalue weighted by atomic mass is 32.2. The zero-order valence-electron chi connectivity index (χ0n) is 9.21. The summed E-state index contributed by atoms with van der Waals surface area (Å²) in [6, 6.07) is 9.44. The van der Waals surface area contributed by atoms with Gasteiger partial charge in [-0.05, 0) is 42.8 Å². The van der Waals surface area contributed by atoms with Crippen LogP contribution in [0.15, 0.2) is 46.2 Å². The predicted molar refractivity (Wildman–Crippen MR) is 66.1 cm³/mol. The quantitative estimate of drug-likeness (QED) is 0.816. The molecule has 2 rings (SSSR count). The van der Waals surface area contributed by atoms with Crippen LogP contribution in [0.4, 0.5) is 14.5 Å². The Kier molecular flexibility index (Phi) is 3.33. The molecule has 0 amide bonds. The number of hydrogen-bond acceptors (Lipinski definition) is 2. The summed E-state index contributed by atoms with van der Waals surface area (Å²) in [6.07, 6.45) is 0. The van der Waals surface area contributed by atoms with Gasteiger partial charge in [-0.25, -0.2) is 8.78 Å². The van der Waals surface area contributed by atoms with Crippen molar-refractivity contribution in [1.82, 2.24) is 0 Å². The maximum absolute atomic E-state index is 13.0. The van der Waals surface area contributed by atoms with Crippen LogP contribution in [-0.4, -0.2) is 0 Å². The Hall–Kier alpha value is -1.55. The molecule has 0 spiro atoms. The Balaban J connectivity index is 2.31. The molecule has 2 aromatic rings. The lowest BCUT2D eigenvalue weighted by Crippen LogP contribution is -1.89. The van der Waals surface area contributed by atoms with Crippen LogP contribution in [0.2, 0.25) is 0 Å². The molecular weight excluding hydrogens is 240 g/mol. The van der Waals surface area contributed by atoms with Gasteiger partial charge in [-0.3, -0.25) is 0 Å². The van der Waals surface area contributed by atoms with Crippen LogP contribution >= 0.6 is 11.8 Å². The van der Waals surface area contributed by atoms with Crippen LogP contribution in [0.1, 0.15) is 5.56 Å².